The van der Waals surface area contributed by atoms with Crippen LogP contribution in [0.1, 0.15) is 41.5 Å². The van der Waals surface area contributed by atoms with Crippen LogP contribution < -0.4 is 0 Å². The summed E-state index contributed by atoms with van der Waals surface area (Å²) in [5.74, 6) is 0. The zero-order valence-electron chi connectivity index (χ0n) is 9.18. The minimum absolute atomic E-state index is 1.05. The fourth-order valence-corrected chi connectivity index (χ4v) is 0.654. The van der Waals surface area contributed by atoms with Gasteiger partial charge in [-0.1, -0.05) is 25.5 Å². The molecular formula is C11H21N. The van der Waals surface area contributed by atoms with E-state index in [1.807, 2.05) is 34.6 Å². The van der Waals surface area contributed by atoms with Gasteiger partial charge in [-0.2, -0.15) is 0 Å². The molecule has 0 radical (unpaired) electrons. The van der Waals surface area contributed by atoms with Gasteiger partial charge >= 0.3 is 0 Å². The molecule has 0 aromatic heterocycles. The fourth-order valence-electron chi connectivity index (χ4n) is 0.654. The van der Waals surface area contributed by atoms with E-state index >= 15 is 0 Å². The topological polar surface area (TPSA) is 12.4 Å². The molecule has 0 aliphatic carbocycles. The van der Waals surface area contributed by atoms with E-state index in [1.54, 1.807) is 6.21 Å². The van der Waals surface area contributed by atoms with E-state index in [0.29, 0.717) is 0 Å². The minimum atomic E-state index is 1.05. The fraction of sp³-hybridized carbons (Fsp3) is 0.545. The Morgan fingerprint density at radius 3 is 1.92 bits per heavy atom. The monoisotopic (exact) mass is 167 g/mol. The SMILES string of the molecule is CC.CC=N/C(C)=C\C(C)=C/C. The second-order valence-electron chi connectivity index (χ2n) is 2.21. The first kappa shape index (κ1) is 13.7. The molecule has 0 rings (SSSR count). The van der Waals surface area contributed by atoms with E-state index in [2.05, 4.69) is 24.1 Å². The van der Waals surface area contributed by atoms with Crippen LogP contribution in [-0.2, 0) is 0 Å². The summed E-state index contributed by atoms with van der Waals surface area (Å²) < 4.78 is 0. The molecule has 0 heterocycles. The van der Waals surface area contributed by atoms with Crippen LogP contribution in [-0.4, -0.2) is 6.21 Å². The van der Waals surface area contributed by atoms with Crippen LogP contribution in [0.2, 0.25) is 0 Å². The molecule has 0 saturated heterocycles. The summed E-state index contributed by atoms with van der Waals surface area (Å²) in [4.78, 5) is 4.11. The van der Waals surface area contributed by atoms with E-state index in [-0.39, 0.29) is 0 Å². The molecule has 1 nitrogen and oxygen atoms in total. The Balaban J connectivity index is 0. The second kappa shape index (κ2) is 10.2. The molecule has 0 spiro atoms. The van der Waals surface area contributed by atoms with E-state index in [1.165, 1.54) is 5.57 Å². The number of nitrogens with zero attached hydrogens (tertiary/aromatic N) is 1. The molecule has 0 fully saturated rings. The van der Waals surface area contributed by atoms with Gasteiger partial charge in [0, 0.05) is 11.9 Å². The van der Waals surface area contributed by atoms with Crippen LogP contribution in [0.3, 0.4) is 0 Å². The van der Waals surface area contributed by atoms with Crippen molar-refractivity contribution < 1.29 is 0 Å². The predicted octanol–water partition coefficient (Wildman–Crippen LogP) is 3.97. The van der Waals surface area contributed by atoms with Gasteiger partial charge in [-0.25, -0.2) is 0 Å². The molecule has 0 bridgehead atoms. The summed E-state index contributed by atoms with van der Waals surface area (Å²) >= 11 is 0. The molecule has 12 heavy (non-hydrogen) atoms. The van der Waals surface area contributed by atoms with Gasteiger partial charge in [0.15, 0.2) is 0 Å². The van der Waals surface area contributed by atoms with Crippen LogP contribution >= 0.6 is 0 Å². The van der Waals surface area contributed by atoms with Gasteiger partial charge in [0.25, 0.3) is 0 Å². The molecule has 1 heteroatoms. The van der Waals surface area contributed by atoms with Crippen molar-refractivity contribution in [3.05, 3.63) is 23.4 Å². The van der Waals surface area contributed by atoms with Crippen molar-refractivity contribution >= 4 is 6.21 Å². The number of hydrogen-bond donors (Lipinski definition) is 0. The van der Waals surface area contributed by atoms with Crippen molar-refractivity contribution in [1.29, 1.82) is 0 Å². The van der Waals surface area contributed by atoms with E-state index in [4.69, 9.17) is 0 Å². The highest BCUT2D eigenvalue weighted by atomic mass is 14.7. The first-order chi connectivity index (χ1) is 5.70. The van der Waals surface area contributed by atoms with Crippen molar-refractivity contribution in [2.45, 2.75) is 41.5 Å². The number of hydrogen-bond acceptors (Lipinski definition) is 1. The molecule has 0 atom stereocenters. The Morgan fingerprint density at radius 2 is 1.58 bits per heavy atom. The third kappa shape index (κ3) is 9.15. The molecule has 0 N–H and O–H groups in total. The van der Waals surface area contributed by atoms with Gasteiger partial charge < -0.3 is 0 Å². The number of rotatable bonds is 2. The maximum atomic E-state index is 4.11. The highest BCUT2D eigenvalue weighted by Crippen LogP contribution is 2.01. The maximum absolute atomic E-state index is 4.11. The van der Waals surface area contributed by atoms with Crippen LogP contribution in [0.15, 0.2) is 28.4 Å². The van der Waals surface area contributed by atoms with Gasteiger partial charge in [-0.3, -0.25) is 4.99 Å². The Morgan fingerprint density at radius 1 is 1.08 bits per heavy atom. The third-order valence-corrected chi connectivity index (χ3v) is 1.22. The zero-order valence-corrected chi connectivity index (χ0v) is 9.18. The quantitative estimate of drug-likeness (QED) is 0.436. The summed E-state index contributed by atoms with van der Waals surface area (Å²) in [6, 6.07) is 0. The summed E-state index contributed by atoms with van der Waals surface area (Å²) in [5, 5.41) is 0. The predicted molar refractivity (Wildman–Crippen MR) is 58.7 cm³/mol. The Labute approximate surface area is 76.9 Å². The molecule has 0 aliphatic heterocycles. The molecule has 0 aliphatic rings. The standard InChI is InChI=1S/C9H15N.C2H6/c1-5-8(3)7-9(4)10-6-2;1-2/h5-7H,1-4H3;1-2H3/b8-5-,9-7-,10-6?;. The molecule has 0 unspecified atom stereocenters. The number of aliphatic imine (C=N–C) groups is 1. The second-order valence-corrected chi connectivity index (χ2v) is 2.21. The van der Waals surface area contributed by atoms with Crippen molar-refractivity contribution in [1.82, 2.24) is 0 Å². The molecule has 0 amide bonds. The number of allylic oxidation sites excluding steroid dienone is 4. The van der Waals surface area contributed by atoms with Crippen LogP contribution in [0.5, 0.6) is 0 Å². The van der Waals surface area contributed by atoms with E-state index in [9.17, 15) is 0 Å². The van der Waals surface area contributed by atoms with Crippen LogP contribution in [0, 0.1) is 0 Å². The maximum Gasteiger partial charge on any atom is 0.0371 e. The highest BCUT2D eigenvalue weighted by Gasteiger charge is 1.81. The van der Waals surface area contributed by atoms with E-state index < -0.39 is 0 Å². The minimum Gasteiger partial charge on any atom is -0.266 e. The first-order valence-corrected chi connectivity index (χ1v) is 4.50. The van der Waals surface area contributed by atoms with Gasteiger partial charge in [0.2, 0.25) is 0 Å². The highest BCUT2D eigenvalue weighted by molar-refractivity contribution is 5.55. The van der Waals surface area contributed by atoms with Crippen molar-refractivity contribution in [3.8, 4) is 0 Å². The largest absolute Gasteiger partial charge is 0.266 e. The Hall–Kier alpha value is -0.850. The smallest absolute Gasteiger partial charge is 0.0371 e. The molecule has 70 valence electrons. The summed E-state index contributed by atoms with van der Waals surface area (Å²) in [6.07, 6.45) is 5.92. The lowest BCUT2D eigenvalue weighted by Crippen LogP contribution is -1.72. The first-order valence-electron chi connectivity index (χ1n) is 4.50. The third-order valence-electron chi connectivity index (χ3n) is 1.22. The van der Waals surface area contributed by atoms with Crippen LogP contribution in [0.4, 0.5) is 0 Å². The van der Waals surface area contributed by atoms with Crippen molar-refractivity contribution in [2.75, 3.05) is 0 Å². The average molecular weight is 167 g/mol. The lowest BCUT2D eigenvalue weighted by molar-refractivity contribution is 1.28. The van der Waals surface area contributed by atoms with Gasteiger partial charge in [-0.15, -0.1) is 0 Å². The molecular weight excluding hydrogens is 146 g/mol. The van der Waals surface area contributed by atoms with Gasteiger partial charge in [0.05, 0.1) is 0 Å². The van der Waals surface area contributed by atoms with Crippen LogP contribution in [0.25, 0.3) is 0 Å². The Bertz CT molecular complexity index is 173. The van der Waals surface area contributed by atoms with Gasteiger partial charge in [0.1, 0.15) is 0 Å². The summed E-state index contributed by atoms with van der Waals surface area (Å²) in [7, 11) is 0. The molecule has 0 aromatic rings. The summed E-state index contributed by atoms with van der Waals surface area (Å²) in [6.45, 7) is 12.0. The normalized spacial score (nSPS) is 12.8. The molecule has 0 saturated carbocycles. The lowest BCUT2D eigenvalue weighted by atomic mass is 10.2. The molecule has 0 aromatic carbocycles. The Kier molecular flexibility index (Phi) is 11.6. The summed E-state index contributed by atoms with van der Waals surface area (Å²) in [5.41, 5.74) is 2.31. The van der Waals surface area contributed by atoms with Crippen molar-refractivity contribution in [3.63, 3.8) is 0 Å². The zero-order chi connectivity index (χ0) is 9.98. The lowest BCUT2D eigenvalue weighted by Gasteiger charge is -1.91. The average Bonchev–Trinajstić information content (AvgIpc) is 2.08. The van der Waals surface area contributed by atoms with Crippen molar-refractivity contribution in [2.24, 2.45) is 4.99 Å². The van der Waals surface area contributed by atoms with E-state index in [0.717, 1.165) is 5.70 Å². The van der Waals surface area contributed by atoms with Gasteiger partial charge in [-0.05, 0) is 33.8 Å².